The van der Waals surface area contributed by atoms with Crippen molar-refractivity contribution < 1.29 is 4.79 Å². The van der Waals surface area contributed by atoms with Crippen molar-refractivity contribution in [2.24, 2.45) is 5.41 Å². The number of likely N-dealkylation sites (tertiary alicyclic amines) is 1. The zero-order valence-corrected chi connectivity index (χ0v) is 11.3. The number of benzene rings is 1. The molecule has 18 heavy (non-hydrogen) atoms. The minimum Gasteiger partial charge on any atom is -0.399 e. The van der Waals surface area contributed by atoms with Gasteiger partial charge in [-0.05, 0) is 48.9 Å². The molecule has 1 saturated heterocycles. The molecule has 2 rings (SSSR count). The van der Waals surface area contributed by atoms with E-state index in [0.717, 1.165) is 37.9 Å². The Morgan fingerprint density at radius 1 is 1.28 bits per heavy atom. The van der Waals surface area contributed by atoms with Crippen LogP contribution in [0.3, 0.4) is 0 Å². The fraction of sp³-hybridized carbons (Fsp3) is 0.533. The number of anilines is 1. The summed E-state index contributed by atoms with van der Waals surface area (Å²) in [6, 6.07) is 7.21. The van der Waals surface area contributed by atoms with Crippen LogP contribution < -0.4 is 5.73 Å². The normalized spacial score (nSPS) is 18.0. The molecule has 1 fully saturated rings. The summed E-state index contributed by atoms with van der Waals surface area (Å²) < 4.78 is 0. The SMILES string of the molecule is CCC1(CC)CCN(C(=O)c2ccc(N)cc2)C1. The average Bonchev–Trinajstić information content (AvgIpc) is 2.84. The second kappa shape index (κ2) is 5.01. The number of hydrogen-bond acceptors (Lipinski definition) is 2. The third-order valence-corrected chi connectivity index (χ3v) is 4.38. The number of carbonyl (C=O) groups is 1. The minimum absolute atomic E-state index is 0.138. The van der Waals surface area contributed by atoms with Crippen molar-refractivity contribution in [2.75, 3.05) is 18.8 Å². The van der Waals surface area contributed by atoms with Gasteiger partial charge in [0, 0.05) is 24.3 Å². The highest BCUT2D eigenvalue weighted by molar-refractivity contribution is 5.94. The van der Waals surface area contributed by atoms with Crippen LogP contribution in [-0.4, -0.2) is 23.9 Å². The fourth-order valence-corrected chi connectivity index (χ4v) is 2.74. The molecule has 1 aromatic rings. The molecule has 0 atom stereocenters. The van der Waals surface area contributed by atoms with Crippen LogP contribution in [0.25, 0.3) is 0 Å². The molecule has 1 aliphatic rings. The maximum atomic E-state index is 12.4. The Hall–Kier alpha value is -1.51. The standard InChI is InChI=1S/C15H22N2O/c1-3-15(4-2)9-10-17(11-15)14(18)12-5-7-13(16)8-6-12/h5-8H,3-4,9-11,16H2,1-2H3. The summed E-state index contributed by atoms with van der Waals surface area (Å²) >= 11 is 0. The van der Waals surface area contributed by atoms with Gasteiger partial charge in [-0.25, -0.2) is 0 Å². The highest BCUT2D eigenvalue weighted by Gasteiger charge is 2.37. The van der Waals surface area contributed by atoms with Crippen LogP contribution in [-0.2, 0) is 0 Å². The lowest BCUT2D eigenvalue weighted by Gasteiger charge is -2.26. The predicted molar refractivity (Wildman–Crippen MR) is 74.4 cm³/mol. The van der Waals surface area contributed by atoms with Gasteiger partial charge in [-0.2, -0.15) is 0 Å². The van der Waals surface area contributed by atoms with E-state index >= 15 is 0 Å². The van der Waals surface area contributed by atoms with E-state index in [1.165, 1.54) is 0 Å². The molecule has 0 bridgehead atoms. The van der Waals surface area contributed by atoms with Gasteiger partial charge in [0.2, 0.25) is 0 Å². The lowest BCUT2D eigenvalue weighted by atomic mass is 9.82. The molecule has 1 aromatic carbocycles. The Kier molecular flexibility index (Phi) is 3.60. The van der Waals surface area contributed by atoms with Crippen molar-refractivity contribution in [3.8, 4) is 0 Å². The number of nitrogens with zero attached hydrogens (tertiary/aromatic N) is 1. The van der Waals surface area contributed by atoms with Crippen molar-refractivity contribution in [2.45, 2.75) is 33.1 Å². The van der Waals surface area contributed by atoms with Crippen LogP contribution >= 0.6 is 0 Å². The zero-order valence-electron chi connectivity index (χ0n) is 11.3. The molecular weight excluding hydrogens is 224 g/mol. The molecule has 3 nitrogen and oxygen atoms in total. The minimum atomic E-state index is 0.138. The molecule has 0 aromatic heterocycles. The topological polar surface area (TPSA) is 46.3 Å². The molecule has 0 spiro atoms. The summed E-state index contributed by atoms with van der Waals surface area (Å²) in [4.78, 5) is 14.3. The Bertz CT molecular complexity index is 421. The number of hydrogen-bond donors (Lipinski definition) is 1. The second-order valence-electron chi connectivity index (χ2n) is 5.31. The van der Waals surface area contributed by atoms with Gasteiger partial charge in [0.25, 0.3) is 5.91 Å². The van der Waals surface area contributed by atoms with Gasteiger partial charge in [0.1, 0.15) is 0 Å². The van der Waals surface area contributed by atoms with Crippen LogP contribution in [0.15, 0.2) is 24.3 Å². The first-order chi connectivity index (χ1) is 8.60. The lowest BCUT2D eigenvalue weighted by Crippen LogP contribution is -2.31. The smallest absolute Gasteiger partial charge is 0.253 e. The lowest BCUT2D eigenvalue weighted by molar-refractivity contribution is 0.0770. The van der Waals surface area contributed by atoms with E-state index in [1.54, 1.807) is 12.1 Å². The van der Waals surface area contributed by atoms with Gasteiger partial charge < -0.3 is 10.6 Å². The molecule has 1 heterocycles. The number of amides is 1. The molecule has 2 N–H and O–H groups in total. The van der Waals surface area contributed by atoms with E-state index in [1.807, 2.05) is 17.0 Å². The van der Waals surface area contributed by atoms with E-state index in [-0.39, 0.29) is 5.91 Å². The summed E-state index contributed by atoms with van der Waals surface area (Å²) in [5.74, 6) is 0.138. The Morgan fingerprint density at radius 3 is 2.39 bits per heavy atom. The molecule has 98 valence electrons. The zero-order chi connectivity index (χ0) is 13.2. The summed E-state index contributed by atoms with van der Waals surface area (Å²) in [5, 5.41) is 0. The first-order valence-electron chi connectivity index (χ1n) is 6.75. The number of nitrogen functional groups attached to an aromatic ring is 1. The molecule has 0 radical (unpaired) electrons. The first kappa shape index (κ1) is 12.9. The van der Waals surface area contributed by atoms with Crippen LogP contribution in [0.1, 0.15) is 43.5 Å². The van der Waals surface area contributed by atoms with Crippen molar-refractivity contribution >= 4 is 11.6 Å². The summed E-state index contributed by atoms with van der Waals surface area (Å²) in [5.41, 5.74) is 7.42. The predicted octanol–water partition coefficient (Wildman–Crippen LogP) is 2.92. The average molecular weight is 246 g/mol. The third-order valence-electron chi connectivity index (χ3n) is 4.38. The molecule has 0 aliphatic carbocycles. The Balaban J connectivity index is 2.10. The maximum absolute atomic E-state index is 12.4. The molecular formula is C15H22N2O. The van der Waals surface area contributed by atoms with E-state index < -0.39 is 0 Å². The number of carbonyl (C=O) groups excluding carboxylic acids is 1. The van der Waals surface area contributed by atoms with Crippen molar-refractivity contribution in [3.05, 3.63) is 29.8 Å². The summed E-state index contributed by atoms with van der Waals surface area (Å²) in [6.45, 7) is 6.22. The van der Waals surface area contributed by atoms with Crippen LogP contribution in [0.2, 0.25) is 0 Å². The first-order valence-corrected chi connectivity index (χ1v) is 6.75. The van der Waals surface area contributed by atoms with Gasteiger partial charge in [0.05, 0.1) is 0 Å². The van der Waals surface area contributed by atoms with E-state index in [2.05, 4.69) is 13.8 Å². The monoisotopic (exact) mass is 246 g/mol. The van der Waals surface area contributed by atoms with Gasteiger partial charge in [-0.3, -0.25) is 4.79 Å². The van der Waals surface area contributed by atoms with Crippen molar-refractivity contribution in [1.29, 1.82) is 0 Å². The van der Waals surface area contributed by atoms with Gasteiger partial charge >= 0.3 is 0 Å². The largest absolute Gasteiger partial charge is 0.399 e. The Labute approximate surface area is 109 Å². The van der Waals surface area contributed by atoms with Gasteiger partial charge in [-0.15, -0.1) is 0 Å². The van der Waals surface area contributed by atoms with Crippen LogP contribution in [0, 0.1) is 5.41 Å². The highest BCUT2D eigenvalue weighted by atomic mass is 16.2. The Morgan fingerprint density at radius 2 is 1.89 bits per heavy atom. The third kappa shape index (κ3) is 2.35. The fourth-order valence-electron chi connectivity index (χ4n) is 2.74. The van der Waals surface area contributed by atoms with E-state index in [9.17, 15) is 4.79 Å². The van der Waals surface area contributed by atoms with Crippen molar-refractivity contribution in [3.63, 3.8) is 0 Å². The molecule has 0 saturated carbocycles. The summed E-state index contributed by atoms with van der Waals surface area (Å²) in [7, 11) is 0. The highest BCUT2D eigenvalue weighted by Crippen LogP contribution is 2.37. The quantitative estimate of drug-likeness (QED) is 0.833. The summed E-state index contributed by atoms with van der Waals surface area (Å²) in [6.07, 6.45) is 3.42. The maximum Gasteiger partial charge on any atom is 0.253 e. The van der Waals surface area contributed by atoms with E-state index in [0.29, 0.717) is 11.1 Å². The molecule has 1 aliphatic heterocycles. The van der Waals surface area contributed by atoms with Crippen LogP contribution in [0.5, 0.6) is 0 Å². The number of nitrogens with two attached hydrogens (primary N) is 1. The molecule has 3 heteroatoms. The molecule has 0 unspecified atom stereocenters. The second-order valence-corrected chi connectivity index (χ2v) is 5.31. The van der Waals surface area contributed by atoms with Crippen LogP contribution in [0.4, 0.5) is 5.69 Å². The van der Waals surface area contributed by atoms with Gasteiger partial charge in [0.15, 0.2) is 0 Å². The molecule has 1 amide bonds. The van der Waals surface area contributed by atoms with Crippen molar-refractivity contribution in [1.82, 2.24) is 4.90 Å². The number of rotatable bonds is 3. The van der Waals surface area contributed by atoms with Gasteiger partial charge in [-0.1, -0.05) is 13.8 Å². The van der Waals surface area contributed by atoms with E-state index in [4.69, 9.17) is 5.73 Å².